The number of benzene rings is 2. The van der Waals surface area contributed by atoms with E-state index in [0.717, 1.165) is 44.0 Å². The molecule has 0 aromatic heterocycles. The van der Waals surface area contributed by atoms with Crippen molar-refractivity contribution in [1.29, 1.82) is 0 Å². The third kappa shape index (κ3) is 7.71. The summed E-state index contributed by atoms with van der Waals surface area (Å²) in [7, 11) is 1.83. The highest BCUT2D eigenvalue weighted by molar-refractivity contribution is 5.92. The second-order valence-electron chi connectivity index (χ2n) is 8.15. The molecule has 0 unspecified atom stereocenters. The summed E-state index contributed by atoms with van der Waals surface area (Å²) in [6, 6.07) is 11.1. The average Bonchev–Trinajstić information content (AvgIpc) is 2.85. The number of hydrogen-bond donors (Lipinski definition) is 2. The van der Waals surface area contributed by atoms with Gasteiger partial charge in [0, 0.05) is 69.7 Å². The van der Waals surface area contributed by atoms with Gasteiger partial charge in [0.1, 0.15) is 23.9 Å². The Hall–Kier alpha value is -3.59. The lowest BCUT2D eigenvalue weighted by atomic mass is 10.1. The molecule has 0 atom stereocenters. The normalized spacial score (nSPS) is 14.4. The first-order chi connectivity index (χ1) is 16.9. The van der Waals surface area contributed by atoms with Gasteiger partial charge in [-0.15, -0.1) is 0 Å². The molecule has 1 fully saturated rings. The zero-order valence-electron chi connectivity index (χ0n) is 20.5. The van der Waals surface area contributed by atoms with E-state index in [9.17, 15) is 14.0 Å². The van der Waals surface area contributed by atoms with Gasteiger partial charge in [0.2, 0.25) is 5.91 Å². The summed E-state index contributed by atoms with van der Waals surface area (Å²) in [5, 5.41) is 5.97. The molecule has 3 rings (SSSR count). The number of piperazine rings is 1. The van der Waals surface area contributed by atoms with Crippen LogP contribution < -0.4 is 20.1 Å². The van der Waals surface area contributed by atoms with Crippen LogP contribution in [0.3, 0.4) is 0 Å². The number of rotatable bonds is 10. The van der Waals surface area contributed by atoms with Crippen LogP contribution in [0.1, 0.15) is 19.4 Å². The molecule has 0 bridgehead atoms. The van der Waals surface area contributed by atoms with E-state index in [1.807, 2.05) is 37.1 Å². The summed E-state index contributed by atoms with van der Waals surface area (Å²) < 4.78 is 24.7. The van der Waals surface area contributed by atoms with Gasteiger partial charge in [0.25, 0.3) is 5.91 Å². The van der Waals surface area contributed by atoms with Crippen molar-refractivity contribution >= 4 is 23.2 Å². The fraction of sp³-hybridized carbons (Fsp3) is 0.385. The van der Waals surface area contributed by atoms with Gasteiger partial charge in [-0.05, 0) is 37.3 Å². The summed E-state index contributed by atoms with van der Waals surface area (Å²) in [5.74, 6) is 0.323. The minimum absolute atomic E-state index is 0.115. The molecule has 1 aliphatic heterocycles. The summed E-state index contributed by atoms with van der Waals surface area (Å²) in [5.41, 5.74) is 2.28. The van der Waals surface area contributed by atoms with Crippen molar-refractivity contribution in [3.05, 3.63) is 59.9 Å². The predicted octanol–water partition coefficient (Wildman–Crippen LogP) is 2.97. The molecule has 35 heavy (non-hydrogen) atoms. The number of halogens is 1. The Morgan fingerprint density at radius 3 is 2.51 bits per heavy atom. The number of hydrogen-bond acceptors (Lipinski definition) is 6. The van der Waals surface area contributed by atoms with E-state index in [1.54, 1.807) is 19.1 Å². The highest BCUT2D eigenvalue weighted by Crippen LogP contribution is 2.28. The number of nitrogens with one attached hydrogen (secondary N) is 2. The third-order valence-corrected chi connectivity index (χ3v) is 5.76. The fourth-order valence-corrected chi connectivity index (χ4v) is 3.85. The maximum absolute atomic E-state index is 13.3. The molecule has 2 aromatic carbocycles. The first-order valence-corrected chi connectivity index (χ1v) is 11.7. The number of carbonyl (C=O) groups excluding carboxylic acids is 2. The van der Waals surface area contributed by atoms with E-state index in [4.69, 9.17) is 9.47 Å². The minimum Gasteiger partial charge on any atom is -0.492 e. The molecule has 0 radical (unpaired) electrons. The van der Waals surface area contributed by atoms with Crippen molar-refractivity contribution in [2.45, 2.75) is 13.8 Å². The van der Waals surface area contributed by atoms with Crippen molar-refractivity contribution in [3.63, 3.8) is 0 Å². The summed E-state index contributed by atoms with van der Waals surface area (Å²) >= 11 is 0. The van der Waals surface area contributed by atoms with Crippen LogP contribution >= 0.6 is 0 Å². The third-order valence-electron chi connectivity index (χ3n) is 5.76. The molecule has 188 valence electrons. The second kappa shape index (κ2) is 12.8. The van der Waals surface area contributed by atoms with Crippen LogP contribution in [0.2, 0.25) is 0 Å². The topological polar surface area (TPSA) is 83.1 Å². The maximum Gasteiger partial charge on any atom is 0.262 e. The molecule has 0 saturated carbocycles. The Morgan fingerprint density at radius 1 is 1.09 bits per heavy atom. The first-order valence-electron chi connectivity index (χ1n) is 11.7. The zero-order chi connectivity index (χ0) is 25.2. The van der Waals surface area contributed by atoms with Crippen molar-refractivity contribution < 1.29 is 23.5 Å². The van der Waals surface area contributed by atoms with Crippen LogP contribution in [0.5, 0.6) is 11.5 Å². The van der Waals surface area contributed by atoms with Gasteiger partial charge < -0.3 is 25.0 Å². The standard InChI is InChI=1S/C26H33FN4O4/c1-4-24(28-3)23-17-21(29-26(33)18-35-22-7-5-6-20(27)16-22)8-9-25(23)34-15-14-30-10-12-31(13-11-30)19(2)32/h4-9,16-17,28H,10-15,18H2,1-3H3,(H,29,33)/b24-4-. The lowest BCUT2D eigenvalue weighted by Gasteiger charge is -2.34. The molecule has 1 aliphatic rings. The van der Waals surface area contributed by atoms with Gasteiger partial charge in [-0.25, -0.2) is 4.39 Å². The molecular weight excluding hydrogens is 451 g/mol. The van der Waals surface area contributed by atoms with Crippen LogP contribution in [-0.2, 0) is 9.59 Å². The second-order valence-corrected chi connectivity index (χ2v) is 8.15. The maximum atomic E-state index is 13.3. The molecule has 2 amide bonds. The highest BCUT2D eigenvalue weighted by atomic mass is 19.1. The Bertz CT molecular complexity index is 1050. The number of allylic oxidation sites excluding steroid dienone is 1. The minimum atomic E-state index is -0.424. The van der Waals surface area contributed by atoms with E-state index >= 15 is 0 Å². The molecule has 8 nitrogen and oxygen atoms in total. The number of carbonyl (C=O) groups is 2. The quantitative estimate of drug-likeness (QED) is 0.540. The molecule has 1 heterocycles. The Morgan fingerprint density at radius 2 is 1.86 bits per heavy atom. The smallest absolute Gasteiger partial charge is 0.262 e. The van der Waals surface area contributed by atoms with Crippen molar-refractivity contribution in [3.8, 4) is 11.5 Å². The van der Waals surface area contributed by atoms with E-state index in [0.29, 0.717) is 23.8 Å². The molecule has 2 N–H and O–H groups in total. The zero-order valence-corrected chi connectivity index (χ0v) is 20.5. The van der Waals surface area contributed by atoms with Gasteiger partial charge in [-0.2, -0.15) is 0 Å². The van der Waals surface area contributed by atoms with Crippen LogP contribution in [-0.4, -0.2) is 74.6 Å². The van der Waals surface area contributed by atoms with Gasteiger partial charge in [-0.3, -0.25) is 14.5 Å². The lowest BCUT2D eigenvalue weighted by Crippen LogP contribution is -2.48. The fourth-order valence-electron chi connectivity index (χ4n) is 3.85. The number of nitrogens with zero attached hydrogens (tertiary/aromatic N) is 2. The number of amides is 2. The van der Waals surface area contributed by atoms with Crippen LogP contribution in [0.4, 0.5) is 10.1 Å². The van der Waals surface area contributed by atoms with Gasteiger partial charge in [-0.1, -0.05) is 12.1 Å². The largest absolute Gasteiger partial charge is 0.492 e. The molecule has 0 spiro atoms. The van der Waals surface area contributed by atoms with Crippen molar-refractivity contribution in [1.82, 2.24) is 15.1 Å². The van der Waals surface area contributed by atoms with Gasteiger partial charge in [0.05, 0.1) is 0 Å². The lowest BCUT2D eigenvalue weighted by molar-refractivity contribution is -0.130. The molecule has 2 aromatic rings. The number of anilines is 1. The van der Waals surface area contributed by atoms with E-state index < -0.39 is 5.82 Å². The van der Waals surface area contributed by atoms with E-state index in [1.165, 1.54) is 18.2 Å². The number of ether oxygens (including phenoxy) is 2. The van der Waals surface area contributed by atoms with Gasteiger partial charge >= 0.3 is 0 Å². The van der Waals surface area contributed by atoms with Crippen LogP contribution in [0.25, 0.3) is 5.70 Å². The van der Waals surface area contributed by atoms with Crippen molar-refractivity contribution in [2.75, 3.05) is 58.3 Å². The van der Waals surface area contributed by atoms with E-state index in [-0.39, 0.29) is 18.4 Å². The first kappa shape index (κ1) is 26.0. The van der Waals surface area contributed by atoms with Crippen LogP contribution in [0, 0.1) is 5.82 Å². The Balaban J connectivity index is 1.58. The molecular formula is C26H33FN4O4. The van der Waals surface area contributed by atoms with Crippen molar-refractivity contribution in [2.24, 2.45) is 0 Å². The van der Waals surface area contributed by atoms with E-state index in [2.05, 4.69) is 15.5 Å². The predicted molar refractivity (Wildman–Crippen MR) is 134 cm³/mol. The monoisotopic (exact) mass is 484 g/mol. The summed E-state index contributed by atoms with van der Waals surface area (Å²) in [6.07, 6.45) is 1.93. The SMILES string of the molecule is C/C=C(\NC)c1cc(NC(=O)COc2cccc(F)c2)ccc1OCCN1CCN(C(C)=O)CC1. The summed E-state index contributed by atoms with van der Waals surface area (Å²) in [4.78, 5) is 28.0. The van der Waals surface area contributed by atoms with Gasteiger partial charge in [0.15, 0.2) is 6.61 Å². The average molecular weight is 485 g/mol. The molecule has 1 saturated heterocycles. The molecule has 0 aliphatic carbocycles. The Labute approximate surface area is 205 Å². The molecule has 9 heteroatoms. The highest BCUT2D eigenvalue weighted by Gasteiger charge is 2.18. The van der Waals surface area contributed by atoms with Crippen LogP contribution in [0.15, 0.2) is 48.5 Å². The summed E-state index contributed by atoms with van der Waals surface area (Å²) in [6.45, 7) is 7.67. The Kier molecular flexibility index (Phi) is 9.48.